The Kier molecular flexibility index (Phi) is 9.80. The van der Waals surface area contributed by atoms with Crippen LogP contribution in [0.25, 0.3) is 0 Å². The van der Waals surface area contributed by atoms with Gasteiger partial charge in [-0.1, -0.05) is 45.3 Å². The van der Waals surface area contributed by atoms with Gasteiger partial charge in [-0.3, -0.25) is 0 Å². The molecule has 0 saturated heterocycles. The molecule has 6 nitrogen and oxygen atoms in total. The molecule has 0 aliphatic carbocycles. The first-order valence-corrected chi connectivity index (χ1v) is 9.12. The number of aromatic nitrogens is 3. The van der Waals surface area contributed by atoms with Crippen molar-refractivity contribution in [3.8, 4) is 0 Å². The molecule has 0 aliphatic heterocycles. The molecule has 1 heterocycles. The highest BCUT2D eigenvalue weighted by Crippen LogP contribution is 2.03. The van der Waals surface area contributed by atoms with E-state index in [2.05, 4.69) is 57.7 Å². The first kappa shape index (κ1) is 20.2. The van der Waals surface area contributed by atoms with E-state index < -0.39 is 0 Å². The lowest BCUT2D eigenvalue weighted by Gasteiger charge is -2.18. The zero-order chi connectivity index (χ0) is 17.8. The molecule has 2 N–H and O–H groups in total. The van der Waals surface area contributed by atoms with Gasteiger partial charge in [-0.15, -0.1) is 10.2 Å². The minimum Gasteiger partial charge on any atom is -0.355 e. The molecule has 0 amide bonds. The van der Waals surface area contributed by atoms with Crippen LogP contribution in [0.2, 0.25) is 0 Å². The largest absolute Gasteiger partial charge is 0.355 e. The van der Waals surface area contributed by atoms with E-state index in [0.717, 1.165) is 43.3 Å². The Morgan fingerprint density at radius 3 is 2.83 bits per heavy atom. The summed E-state index contributed by atoms with van der Waals surface area (Å²) in [6.45, 7) is 14.7. The lowest BCUT2D eigenvalue weighted by molar-refractivity contribution is 0.542. The third-order valence-electron chi connectivity index (χ3n) is 3.79. The van der Waals surface area contributed by atoms with Gasteiger partial charge in [0.05, 0.1) is 6.54 Å². The van der Waals surface area contributed by atoms with Crippen molar-refractivity contribution in [1.29, 1.82) is 0 Å². The number of guanidine groups is 1. The van der Waals surface area contributed by atoms with Crippen LogP contribution < -0.4 is 10.6 Å². The van der Waals surface area contributed by atoms with Crippen LogP contribution in [0.4, 0.5) is 0 Å². The summed E-state index contributed by atoms with van der Waals surface area (Å²) in [6.07, 6.45) is 7.62. The van der Waals surface area contributed by atoms with Gasteiger partial charge in [0.15, 0.2) is 5.96 Å². The van der Waals surface area contributed by atoms with Crippen molar-refractivity contribution in [1.82, 2.24) is 25.4 Å². The number of hydrogen-bond donors (Lipinski definition) is 2. The van der Waals surface area contributed by atoms with Gasteiger partial charge in [0.2, 0.25) is 0 Å². The fourth-order valence-electron chi connectivity index (χ4n) is 2.41. The van der Waals surface area contributed by atoms with E-state index in [0.29, 0.717) is 12.6 Å². The standard InChI is InChI=1S/C18H34N6/c1-6-8-9-10-16(5)22-18(20-13-15(3)4)19-11-12-24-14-21-23-17(24)7-2/h14,16H,3,6-13H2,1-2,4-5H3,(H2,19,20,22). The second-order valence-electron chi connectivity index (χ2n) is 6.38. The van der Waals surface area contributed by atoms with Gasteiger partial charge in [0.1, 0.15) is 12.2 Å². The molecule has 0 aromatic carbocycles. The quantitative estimate of drug-likeness (QED) is 0.283. The van der Waals surface area contributed by atoms with Crippen molar-refractivity contribution in [2.75, 3.05) is 13.1 Å². The van der Waals surface area contributed by atoms with Crippen LogP contribution in [0.15, 0.2) is 23.5 Å². The molecule has 0 fully saturated rings. The van der Waals surface area contributed by atoms with Crippen molar-refractivity contribution in [2.45, 2.75) is 72.4 Å². The van der Waals surface area contributed by atoms with Crippen LogP contribution >= 0.6 is 0 Å². The van der Waals surface area contributed by atoms with Crippen LogP contribution in [-0.2, 0) is 13.0 Å². The Labute approximate surface area is 146 Å². The summed E-state index contributed by atoms with van der Waals surface area (Å²) >= 11 is 0. The molecule has 0 saturated carbocycles. The van der Waals surface area contributed by atoms with Gasteiger partial charge < -0.3 is 15.2 Å². The molecule has 0 radical (unpaired) electrons. The minimum absolute atomic E-state index is 0.411. The van der Waals surface area contributed by atoms with E-state index >= 15 is 0 Å². The zero-order valence-electron chi connectivity index (χ0n) is 15.8. The lowest BCUT2D eigenvalue weighted by atomic mass is 10.1. The van der Waals surface area contributed by atoms with Crippen LogP contribution in [0.1, 0.15) is 59.2 Å². The number of rotatable bonds is 11. The monoisotopic (exact) mass is 334 g/mol. The van der Waals surface area contributed by atoms with Gasteiger partial charge >= 0.3 is 0 Å². The zero-order valence-corrected chi connectivity index (χ0v) is 15.8. The summed E-state index contributed by atoms with van der Waals surface area (Å²) in [5, 5.41) is 15.0. The smallest absolute Gasteiger partial charge is 0.191 e. The number of nitrogens with one attached hydrogen (secondary N) is 2. The van der Waals surface area contributed by atoms with Gasteiger partial charge in [-0.2, -0.15) is 0 Å². The molecule has 0 spiro atoms. The predicted molar refractivity (Wildman–Crippen MR) is 101 cm³/mol. The second kappa shape index (κ2) is 11.6. The first-order valence-electron chi connectivity index (χ1n) is 9.12. The maximum Gasteiger partial charge on any atom is 0.191 e. The summed E-state index contributed by atoms with van der Waals surface area (Å²) in [5.74, 6) is 1.87. The van der Waals surface area contributed by atoms with E-state index in [1.54, 1.807) is 6.33 Å². The number of hydrogen-bond acceptors (Lipinski definition) is 3. The molecule has 1 aromatic heterocycles. The maximum absolute atomic E-state index is 4.61. The summed E-state index contributed by atoms with van der Waals surface area (Å²) in [5.41, 5.74) is 1.06. The van der Waals surface area contributed by atoms with Crippen molar-refractivity contribution in [3.63, 3.8) is 0 Å². The Hall–Kier alpha value is -1.85. The minimum atomic E-state index is 0.411. The SMILES string of the molecule is C=C(C)CN=C(NCCn1cnnc1CC)NC(C)CCCCC. The Bertz CT molecular complexity index is 505. The topological polar surface area (TPSA) is 67.1 Å². The van der Waals surface area contributed by atoms with Gasteiger partial charge in [0, 0.05) is 25.6 Å². The number of nitrogens with zero attached hydrogens (tertiary/aromatic N) is 4. The first-order chi connectivity index (χ1) is 11.6. The molecule has 1 atom stereocenters. The highest BCUT2D eigenvalue weighted by Gasteiger charge is 2.06. The van der Waals surface area contributed by atoms with E-state index in [9.17, 15) is 0 Å². The summed E-state index contributed by atoms with van der Waals surface area (Å²) < 4.78 is 2.08. The van der Waals surface area contributed by atoms with Crippen molar-refractivity contribution < 1.29 is 0 Å². The summed E-state index contributed by atoms with van der Waals surface area (Å²) in [7, 11) is 0. The highest BCUT2D eigenvalue weighted by atomic mass is 15.3. The van der Waals surface area contributed by atoms with Crippen LogP contribution in [0, 0.1) is 0 Å². The van der Waals surface area contributed by atoms with Crippen LogP contribution in [0.3, 0.4) is 0 Å². The number of aliphatic imine (C=N–C) groups is 1. The van der Waals surface area contributed by atoms with Crippen molar-refractivity contribution in [2.24, 2.45) is 4.99 Å². The molecule has 0 aliphatic rings. The van der Waals surface area contributed by atoms with E-state index in [1.807, 2.05) is 6.92 Å². The van der Waals surface area contributed by atoms with E-state index in [1.165, 1.54) is 19.3 Å². The van der Waals surface area contributed by atoms with Gasteiger partial charge in [0.25, 0.3) is 0 Å². The molecular formula is C18H34N6. The van der Waals surface area contributed by atoms with Crippen LogP contribution in [0.5, 0.6) is 0 Å². The third kappa shape index (κ3) is 8.13. The molecule has 1 unspecified atom stereocenters. The molecule has 0 bridgehead atoms. The normalized spacial score (nSPS) is 12.9. The summed E-state index contributed by atoms with van der Waals surface area (Å²) in [6, 6.07) is 0.411. The Morgan fingerprint density at radius 2 is 2.17 bits per heavy atom. The fraction of sp³-hybridized carbons (Fsp3) is 0.722. The second-order valence-corrected chi connectivity index (χ2v) is 6.38. The molecule has 136 valence electrons. The third-order valence-corrected chi connectivity index (χ3v) is 3.79. The fourth-order valence-corrected chi connectivity index (χ4v) is 2.41. The molecule has 1 aromatic rings. The average molecular weight is 335 g/mol. The van der Waals surface area contributed by atoms with Gasteiger partial charge in [-0.05, 0) is 20.3 Å². The highest BCUT2D eigenvalue weighted by molar-refractivity contribution is 5.80. The van der Waals surface area contributed by atoms with Gasteiger partial charge in [-0.25, -0.2) is 4.99 Å². The van der Waals surface area contributed by atoms with E-state index in [4.69, 9.17) is 0 Å². The van der Waals surface area contributed by atoms with Crippen molar-refractivity contribution in [3.05, 3.63) is 24.3 Å². The molecule has 1 rings (SSSR count). The number of unbranched alkanes of at least 4 members (excludes halogenated alkanes) is 2. The molecule has 24 heavy (non-hydrogen) atoms. The van der Waals surface area contributed by atoms with E-state index in [-0.39, 0.29) is 0 Å². The van der Waals surface area contributed by atoms with Crippen molar-refractivity contribution >= 4 is 5.96 Å². The Balaban J connectivity index is 2.49. The summed E-state index contributed by atoms with van der Waals surface area (Å²) in [4.78, 5) is 4.61. The number of aryl methyl sites for hydroxylation is 1. The predicted octanol–water partition coefficient (Wildman–Crippen LogP) is 2.92. The maximum atomic E-state index is 4.61. The molecular weight excluding hydrogens is 300 g/mol. The molecule has 6 heteroatoms. The lowest BCUT2D eigenvalue weighted by Crippen LogP contribution is -2.43. The Morgan fingerprint density at radius 1 is 1.38 bits per heavy atom. The average Bonchev–Trinajstić information content (AvgIpc) is 3.00. The van der Waals surface area contributed by atoms with Crippen LogP contribution in [-0.4, -0.2) is 39.9 Å².